The van der Waals surface area contributed by atoms with Crippen LogP contribution in [0.25, 0.3) is 0 Å². The third kappa shape index (κ3) is 8.76. The van der Waals surface area contributed by atoms with Crippen molar-refractivity contribution in [2.24, 2.45) is 0 Å². The molecule has 10 heteroatoms. The summed E-state index contributed by atoms with van der Waals surface area (Å²) >= 11 is 1.59. The number of nitrogens with one attached hydrogen (secondary N) is 1. The fraction of sp³-hybridized carbons (Fsp3) is 0.600. The Bertz CT molecular complexity index is 874. The average molecular weight is 508 g/mol. The minimum Gasteiger partial charge on any atom is -0.464 e. The van der Waals surface area contributed by atoms with Gasteiger partial charge in [0, 0.05) is 19.5 Å². The number of carbonyl (C=O) groups excluding carboxylic acids is 4. The number of hydrogen-bond acceptors (Lipinski definition) is 7. The largest absolute Gasteiger partial charge is 0.464 e. The topological polar surface area (TPSA) is 105 Å². The number of esters is 1. The van der Waals surface area contributed by atoms with Gasteiger partial charge in [-0.05, 0) is 51.7 Å². The Morgan fingerprint density at radius 3 is 2.46 bits per heavy atom. The summed E-state index contributed by atoms with van der Waals surface area (Å²) in [7, 11) is 0. The van der Waals surface area contributed by atoms with Crippen LogP contribution in [0.4, 0.5) is 4.79 Å². The molecule has 1 fully saturated rings. The van der Waals surface area contributed by atoms with Crippen molar-refractivity contribution in [3.63, 3.8) is 0 Å². The van der Waals surface area contributed by atoms with E-state index in [0.717, 1.165) is 5.56 Å². The highest BCUT2D eigenvalue weighted by molar-refractivity contribution is 7.98. The molecule has 1 saturated heterocycles. The zero-order chi connectivity index (χ0) is 26.0. The number of thioether (sulfide) groups is 1. The summed E-state index contributed by atoms with van der Waals surface area (Å²) in [4.78, 5) is 54.5. The van der Waals surface area contributed by atoms with Gasteiger partial charge in [0.2, 0.25) is 11.8 Å². The molecule has 2 atom stereocenters. The highest BCUT2D eigenvalue weighted by atomic mass is 32.2. The normalized spacial score (nSPS) is 17.1. The molecule has 3 amide bonds. The van der Waals surface area contributed by atoms with Gasteiger partial charge in [0.15, 0.2) is 0 Å². The van der Waals surface area contributed by atoms with Gasteiger partial charge in [-0.15, -0.1) is 0 Å². The number of carbonyl (C=O) groups is 4. The van der Waals surface area contributed by atoms with E-state index in [1.807, 2.05) is 36.6 Å². The van der Waals surface area contributed by atoms with Crippen LogP contribution < -0.4 is 5.32 Å². The van der Waals surface area contributed by atoms with Gasteiger partial charge in [-0.1, -0.05) is 30.3 Å². The number of nitrogens with zero attached hydrogens (tertiary/aromatic N) is 2. The number of alkyl carbamates (subject to hydrolysis) is 1. The van der Waals surface area contributed by atoms with Gasteiger partial charge in [0.25, 0.3) is 0 Å². The van der Waals surface area contributed by atoms with Crippen LogP contribution >= 0.6 is 11.8 Å². The number of rotatable bonds is 10. The standard InChI is InChI=1S/C25H37N3O6S/c1-6-33-23(31)19(12-15-35-5)28-14-13-27(21(29)17-26-24(32)34-25(2,3)4)20(22(28)30)16-18-10-8-7-9-11-18/h7-11,19-20H,6,12-17H2,1-5H3,(H,26,32)/t19-,20+/m1/s1. The first kappa shape index (κ1) is 28.5. The van der Waals surface area contributed by atoms with Gasteiger partial charge in [0.05, 0.1) is 6.61 Å². The zero-order valence-electron chi connectivity index (χ0n) is 21.2. The van der Waals surface area contributed by atoms with Crippen LogP contribution in [-0.4, -0.2) is 89.6 Å². The quantitative estimate of drug-likeness (QED) is 0.485. The smallest absolute Gasteiger partial charge is 0.408 e. The summed E-state index contributed by atoms with van der Waals surface area (Å²) in [5.74, 6) is -0.426. The molecule has 1 aliphatic rings. The molecule has 9 nitrogen and oxygen atoms in total. The molecule has 0 radical (unpaired) electrons. The second kappa shape index (κ2) is 13.4. The Hall–Kier alpha value is -2.75. The van der Waals surface area contributed by atoms with Crippen LogP contribution in [-0.2, 0) is 30.3 Å². The number of hydrogen-bond donors (Lipinski definition) is 1. The molecule has 1 aromatic carbocycles. The van der Waals surface area contributed by atoms with E-state index in [1.165, 1.54) is 4.90 Å². The minimum absolute atomic E-state index is 0.208. The van der Waals surface area contributed by atoms with Crippen molar-refractivity contribution in [1.29, 1.82) is 0 Å². The van der Waals surface area contributed by atoms with Crippen molar-refractivity contribution in [3.05, 3.63) is 35.9 Å². The predicted molar refractivity (Wildman–Crippen MR) is 135 cm³/mol. The molecule has 35 heavy (non-hydrogen) atoms. The van der Waals surface area contributed by atoms with Crippen LogP contribution in [0, 0.1) is 0 Å². The summed E-state index contributed by atoms with van der Waals surface area (Å²) in [5.41, 5.74) is 0.200. The Morgan fingerprint density at radius 2 is 1.86 bits per heavy atom. The summed E-state index contributed by atoms with van der Waals surface area (Å²) in [6.45, 7) is 7.33. The predicted octanol–water partition coefficient (Wildman–Crippen LogP) is 2.48. The summed E-state index contributed by atoms with van der Waals surface area (Å²) in [5, 5.41) is 2.48. The summed E-state index contributed by atoms with van der Waals surface area (Å²) in [6.07, 6.45) is 2.01. The van der Waals surface area contributed by atoms with E-state index in [4.69, 9.17) is 9.47 Å². The monoisotopic (exact) mass is 507 g/mol. The molecule has 0 aliphatic carbocycles. The van der Waals surface area contributed by atoms with E-state index < -0.39 is 29.7 Å². The lowest BCUT2D eigenvalue weighted by Crippen LogP contribution is -2.64. The Labute approximate surface area is 211 Å². The first-order valence-corrected chi connectivity index (χ1v) is 13.2. The summed E-state index contributed by atoms with van der Waals surface area (Å²) in [6, 6.07) is 7.91. The average Bonchev–Trinajstić information content (AvgIpc) is 2.79. The zero-order valence-corrected chi connectivity index (χ0v) is 22.1. The molecular formula is C25H37N3O6S. The molecule has 0 aromatic heterocycles. The van der Waals surface area contributed by atoms with Crippen molar-refractivity contribution in [3.8, 4) is 0 Å². The van der Waals surface area contributed by atoms with Crippen molar-refractivity contribution < 1.29 is 28.7 Å². The molecule has 1 heterocycles. The molecule has 0 saturated carbocycles. The lowest BCUT2D eigenvalue weighted by atomic mass is 9.99. The van der Waals surface area contributed by atoms with Crippen molar-refractivity contribution >= 4 is 35.6 Å². The number of piperazine rings is 1. The summed E-state index contributed by atoms with van der Waals surface area (Å²) < 4.78 is 10.5. The second-order valence-electron chi connectivity index (χ2n) is 9.23. The van der Waals surface area contributed by atoms with Crippen molar-refractivity contribution in [1.82, 2.24) is 15.1 Å². The van der Waals surface area contributed by atoms with Gasteiger partial charge >= 0.3 is 12.1 Å². The lowest BCUT2D eigenvalue weighted by molar-refractivity contribution is -0.162. The van der Waals surface area contributed by atoms with Crippen LogP contribution in [0.2, 0.25) is 0 Å². The van der Waals surface area contributed by atoms with Gasteiger partial charge in [-0.25, -0.2) is 9.59 Å². The highest BCUT2D eigenvalue weighted by Crippen LogP contribution is 2.21. The van der Waals surface area contributed by atoms with Crippen molar-refractivity contribution in [2.75, 3.05) is 38.2 Å². The van der Waals surface area contributed by atoms with Crippen LogP contribution in [0.3, 0.4) is 0 Å². The maximum Gasteiger partial charge on any atom is 0.408 e. The van der Waals surface area contributed by atoms with E-state index in [0.29, 0.717) is 18.6 Å². The maximum absolute atomic E-state index is 13.7. The number of amides is 3. The molecule has 2 rings (SSSR count). The fourth-order valence-electron chi connectivity index (χ4n) is 3.88. The Morgan fingerprint density at radius 1 is 1.17 bits per heavy atom. The number of benzene rings is 1. The SMILES string of the molecule is CCOC(=O)[C@@H](CCSC)N1CCN(C(=O)CNC(=O)OC(C)(C)C)[C@@H](Cc2ccccc2)C1=O. The molecule has 0 bridgehead atoms. The first-order valence-electron chi connectivity index (χ1n) is 11.8. The highest BCUT2D eigenvalue weighted by Gasteiger charge is 2.42. The van der Waals surface area contributed by atoms with E-state index in [-0.39, 0.29) is 38.1 Å². The van der Waals surface area contributed by atoms with E-state index in [2.05, 4.69) is 5.32 Å². The maximum atomic E-state index is 13.7. The van der Waals surface area contributed by atoms with Gasteiger partial charge in [-0.3, -0.25) is 9.59 Å². The Kier molecular flexibility index (Phi) is 10.9. The molecule has 1 N–H and O–H groups in total. The number of ether oxygens (including phenoxy) is 2. The van der Waals surface area contributed by atoms with Gasteiger partial charge in [-0.2, -0.15) is 11.8 Å². The van der Waals surface area contributed by atoms with Crippen LogP contribution in [0.5, 0.6) is 0 Å². The van der Waals surface area contributed by atoms with Crippen molar-refractivity contribution in [2.45, 2.75) is 58.2 Å². The van der Waals surface area contributed by atoms with Gasteiger partial charge in [0.1, 0.15) is 24.2 Å². The second-order valence-corrected chi connectivity index (χ2v) is 10.2. The minimum atomic E-state index is -0.801. The fourth-order valence-corrected chi connectivity index (χ4v) is 4.34. The third-order valence-electron chi connectivity index (χ3n) is 5.43. The van der Waals surface area contributed by atoms with E-state index in [9.17, 15) is 19.2 Å². The van der Waals surface area contributed by atoms with E-state index in [1.54, 1.807) is 44.4 Å². The molecular weight excluding hydrogens is 470 g/mol. The Balaban J connectivity index is 2.23. The van der Waals surface area contributed by atoms with Crippen LogP contribution in [0.15, 0.2) is 30.3 Å². The third-order valence-corrected chi connectivity index (χ3v) is 6.08. The molecule has 194 valence electrons. The molecule has 1 aliphatic heterocycles. The van der Waals surface area contributed by atoms with Crippen LogP contribution in [0.1, 0.15) is 39.7 Å². The van der Waals surface area contributed by atoms with Gasteiger partial charge < -0.3 is 24.6 Å². The molecule has 1 aromatic rings. The molecule has 0 spiro atoms. The van der Waals surface area contributed by atoms with E-state index >= 15 is 0 Å². The lowest BCUT2D eigenvalue weighted by Gasteiger charge is -2.43. The molecule has 0 unspecified atom stereocenters. The first-order chi connectivity index (χ1) is 16.6.